The molecule has 0 saturated carbocycles. The van der Waals surface area contributed by atoms with Gasteiger partial charge in [0, 0.05) is 17.0 Å². The zero-order valence-corrected chi connectivity index (χ0v) is 19.8. The summed E-state index contributed by atoms with van der Waals surface area (Å²) in [6.45, 7) is 3.73. The van der Waals surface area contributed by atoms with Crippen molar-refractivity contribution in [1.29, 1.82) is 0 Å². The van der Waals surface area contributed by atoms with E-state index in [1.807, 2.05) is 48.5 Å². The molecule has 0 saturated heterocycles. The molecule has 7 nitrogen and oxygen atoms in total. The average Bonchev–Trinajstić information content (AvgIpc) is 2.88. The average molecular weight is 492 g/mol. The highest BCUT2D eigenvalue weighted by atomic mass is 35.5. The standard InChI is InChI=1S/C27H26ClN3O4/c1-2-16-34-25-11-7-6-10-21(25)18-29-31-27(33)24(17-20-8-4-3-5-9-20)30-26(32)19-35-23-14-12-22(28)13-15-23/h2-15,18,24H,1,16-17,19H2,(H,30,32)(H,31,33)/b29-18-/t24-/m1/s1. The predicted octanol–water partition coefficient (Wildman–Crippen LogP) is 4.16. The van der Waals surface area contributed by atoms with Crippen LogP contribution in [0.25, 0.3) is 0 Å². The second-order valence-electron chi connectivity index (χ2n) is 7.42. The van der Waals surface area contributed by atoms with Crippen LogP contribution in [0.4, 0.5) is 0 Å². The first-order chi connectivity index (χ1) is 17.0. The first-order valence-electron chi connectivity index (χ1n) is 10.9. The monoisotopic (exact) mass is 491 g/mol. The number of halogens is 1. The van der Waals surface area contributed by atoms with Gasteiger partial charge in [-0.3, -0.25) is 9.59 Å². The van der Waals surface area contributed by atoms with Crippen LogP contribution in [0.15, 0.2) is 96.6 Å². The fraction of sp³-hybridized carbons (Fsp3) is 0.148. The number of benzene rings is 3. The minimum atomic E-state index is -0.858. The van der Waals surface area contributed by atoms with Crippen molar-refractivity contribution in [2.75, 3.05) is 13.2 Å². The number of hydrogen-bond donors (Lipinski definition) is 2. The molecule has 0 heterocycles. The molecule has 0 aliphatic rings. The van der Waals surface area contributed by atoms with Gasteiger partial charge in [-0.2, -0.15) is 5.10 Å². The molecular weight excluding hydrogens is 466 g/mol. The number of hydrazone groups is 1. The molecule has 35 heavy (non-hydrogen) atoms. The smallest absolute Gasteiger partial charge is 0.262 e. The Bertz CT molecular complexity index is 1150. The molecule has 3 aromatic carbocycles. The van der Waals surface area contributed by atoms with Crippen molar-refractivity contribution >= 4 is 29.6 Å². The summed E-state index contributed by atoms with van der Waals surface area (Å²) in [7, 11) is 0. The van der Waals surface area contributed by atoms with Gasteiger partial charge in [0.1, 0.15) is 24.1 Å². The van der Waals surface area contributed by atoms with Crippen molar-refractivity contribution in [2.24, 2.45) is 5.10 Å². The number of amides is 2. The van der Waals surface area contributed by atoms with Crippen molar-refractivity contribution in [3.63, 3.8) is 0 Å². The van der Waals surface area contributed by atoms with Gasteiger partial charge < -0.3 is 14.8 Å². The molecule has 0 aliphatic carbocycles. The number of nitrogens with zero attached hydrogens (tertiary/aromatic N) is 1. The molecule has 0 unspecified atom stereocenters. The Morgan fingerprint density at radius 3 is 2.43 bits per heavy atom. The van der Waals surface area contributed by atoms with Crippen LogP contribution in [0.1, 0.15) is 11.1 Å². The van der Waals surface area contributed by atoms with E-state index in [0.717, 1.165) is 5.56 Å². The molecule has 8 heteroatoms. The molecule has 3 aromatic rings. The summed E-state index contributed by atoms with van der Waals surface area (Å²) in [4.78, 5) is 25.4. The third-order valence-electron chi connectivity index (χ3n) is 4.77. The van der Waals surface area contributed by atoms with Crippen LogP contribution in [0, 0.1) is 0 Å². The van der Waals surface area contributed by atoms with Crippen LogP contribution in [0.5, 0.6) is 11.5 Å². The van der Waals surface area contributed by atoms with E-state index in [4.69, 9.17) is 21.1 Å². The zero-order valence-electron chi connectivity index (χ0n) is 19.0. The van der Waals surface area contributed by atoms with Gasteiger partial charge in [0.2, 0.25) is 0 Å². The van der Waals surface area contributed by atoms with Crippen LogP contribution in [-0.4, -0.2) is 37.3 Å². The van der Waals surface area contributed by atoms with Gasteiger partial charge in [-0.25, -0.2) is 5.43 Å². The molecule has 0 spiro atoms. The highest BCUT2D eigenvalue weighted by Crippen LogP contribution is 2.16. The summed E-state index contributed by atoms with van der Waals surface area (Å²) >= 11 is 5.87. The van der Waals surface area contributed by atoms with Gasteiger partial charge in [0.25, 0.3) is 11.8 Å². The van der Waals surface area contributed by atoms with E-state index in [9.17, 15) is 9.59 Å². The summed E-state index contributed by atoms with van der Waals surface area (Å²) in [6, 6.07) is 22.5. The Morgan fingerprint density at radius 1 is 0.971 bits per heavy atom. The number of ether oxygens (including phenoxy) is 2. The summed E-state index contributed by atoms with van der Waals surface area (Å²) in [6.07, 6.45) is 3.42. The minimum Gasteiger partial charge on any atom is -0.489 e. The van der Waals surface area contributed by atoms with Crippen LogP contribution >= 0.6 is 11.6 Å². The highest BCUT2D eigenvalue weighted by Gasteiger charge is 2.21. The maximum atomic E-state index is 12.9. The Kier molecular flexibility index (Phi) is 9.89. The molecule has 1 atom stereocenters. The van der Waals surface area contributed by atoms with Crippen LogP contribution in [0.2, 0.25) is 5.02 Å². The molecule has 3 rings (SSSR count). The van der Waals surface area contributed by atoms with E-state index < -0.39 is 17.9 Å². The maximum Gasteiger partial charge on any atom is 0.262 e. The topological polar surface area (TPSA) is 89.0 Å². The molecule has 180 valence electrons. The second-order valence-corrected chi connectivity index (χ2v) is 7.86. The molecule has 0 fully saturated rings. The van der Waals surface area contributed by atoms with Crippen molar-refractivity contribution in [1.82, 2.24) is 10.7 Å². The van der Waals surface area contributed by atoms with E-state index in [-0.39, 0.29) is 13.0 Å². The minimum absolute atomic E-state index is 0.252. The normalized spacial score (nSPS) is 11.5. The van der Waals surface area contributed by atoms with Gasteiger partial charge in [-0.1, -0.05) is 66.7 Å². The number of rotatable bonds is 12. The lowest BCUT2D eigenvalue weighted by molar-refractivity contribution is -0.130. The van der Waals surface area contributed by atoms with Crippen molar-refractivity contribution in [3.05, 3.63) is 108 Å². The fourth-order valence-corrected chi connectivity index (χ4v) is 3.21. The largest absolute Gasteiger partial charge is 0.489 e. The zero-order chi connectivity index (χ0) is 24.9. The molecular formula is C27H26ClN3O4. The number of carbonyl (C=O) groups is 2. The van der Waals surface area contributed by atoms with Gasteiger partial charge in [0.05, 0.1) is 6.21 Å². The van der Waals surface area contributed by atoms with E-state index in [0.29, 0.717) is 28.7 Å². The second kappa shape index (κ2) is 13.6. The molecule has 2 N–H and O–H groups in total. The summed E-state index contributed by atoms with van der Waals surface area (Å²) in [5, 5.41) is 7.35. The lowest BCUT2D eigenvalue weighted by Gasteiger charge is -2.17. The van der Waals surface area contributed by atoms with Crippen LogP contribution in [-0.2, 0) is 16.0 Å². The SMILES string of the molecule is C=CCOc1ccccc1/C=N\NC(=O)[C@@H](Cc1ccccc1)NC(=O)COc1ccc(Cl)cc1. The van der Waals surface area contributed by atoms with Gasteiger partial charge in [-0.05, 0) is 42.0 Å². The van der Waals surface area contributed by atoms with E-state index in [2.05, 4.69) is 22.4 Å². The molecule has 0 bridgehead atoms. The third-order valence-corrected chi connectivity index (χ3v) is 5.02. The first-order valence-corrected chi connectivity index (χ1v) is 11.3. The predicted molar refractivity (Wildman–Crippen MR) is 137 cm³/mol. The van der Waals surface area contributed by atoms with E-state index in [1.165, 1.54) is 6.21 Å². The lowest BCUT2D eigenvalue weighted by atomic mass is 10.1. The molecule has 0 aromatic heterocycles. The van der Waals surface area contributed by atoms with E-state index >= 15 is 0 Å². The maximum absolute atomic E-state index is 12.9. The number of para-hydroxylation sites is 1. The van der Waals surface area contributed by atoms with E-state index in [1.54, 1.807) is 36.4 Å². The lowest BCUT2D eigenvalue weighted by Crippen LogP contribution is -2.48. The Morgan fingerprint density at radius 2 is 1.69 bits per heavy atom. The quantitative estimate of drug-likeness (QED) is 0.226. The Labute approximate surface area is 209 Å². The molecule has 0 radical (unpaired) electrons. The van der Waals surface area contributed by atoms with Crippen LogP contribution in [0.3, 0.4) is 0 Å². The van der Waals surface area contributed by atoms with Gasteiger partial charge >= 0.3 is 0 Å². The third kappa shape index (κ3) is 8.64. The Hall–Kier alpha value is -4.10. The number of hydrogen-bond acceptors (Lipinski definition) is 5. The van der Waals surface area contributed by atoms with Crippen molar-refractivity contribution in [2.45, 2.75) is 12.5 Å². The highest BCUT2D eigenvalue weighted by molar-refractivity contribution is 6.30. The van der Waals surface area contributed by atoms with Crippen molar-refractivity contribution < 1.29 is 19.1 Å². The summed E-state index contributed by atoms with van der Waals surface area (Å²) < 4.78 is 11.1. The van der Waals surface area contributed by atoms with Crippen LogP contribution < -0.4 is 20.2 Å². The summed E-state index contributed by atoms with van der Waals surface area (Å²) in [5.41, 5.74) is 4.08. The van der Waals surface area contributed by atoms with Gasteiger partial charge in [0.15, 0.2) is 6.61 Å². The summed E-state index contributed by atoms with van der Waals surface area (Å²) in [5.74, 6) is 0.201. The van der Waals surface area contributed by atoms with Gasteiger partial charge in [-0.15, -0.1) is 0 Å². The number of nitrogens with one attached hydrogen (secondary N) is 2. The van der Waals surface area contributed by atoms with Crippen molar-refractivity contribution in [3.8, 4) is 11.5 Å². The molecule has 0 aliphatic heterocycles. The Balaban J connectivity index is 1.64. The molecule has 2 amide bonds. The fourth-order valence-electron chi connectivity index (χ4n) is 3.09. The first kappa shape index (κ1) is 25.5. The number of carbonyl (C=O) groups excluding carboxylic acids is 2.